The van der Waals surface area contributed by atoms with Gasteiger partial charge in [0.1, 0.15) is 5.76 Å². The number of carbonyl (C=O) groups is 2. The van der Waals surface area contributed by atoms with Crippen LogP contribution in [0.15, 0.2) is 51.6 Å². The molecule has 0 aliphatic carbocycles. The van der Waals surface area contributed by atoms with Gasteiger partial charge in [-0.05, 0) is 58.3 Å². The summed E-state index contributed by atoms with van der Waals surface area (Å²) >= 11 is 8.96. The summed E-state index contributed by atoms with van der Waals surface area (Å²) in [4.78, 5) is 23.1. The number of benzene rings is 1. The van der Waals surface area contributed by atoms with E-state index in [1.54, 1.807) is 24.3 Å². The molecule has 1 N–H and O–H groups in total. The Morgan fingerprint density at radius 1 is 1.21 bits per heavy atom. The Hall–Kier alpha value is -2.05. The van der Waals surface area contributed by atoms with E-state index in [9.17, 15) is 9.59 Å². The van der Waals surface area contributed by atoms with Crippen molar-refractivity contribution in [2.24, 2.45) is 0 Å². The van der Waals surface area contributed by atoms with Gasteiger partial charge >= 0.3 is 5.97 Å². The smallest absolute Gasteiger partial charge is 0.331 e. The summed E-state index contributed by atoms with van der Waals surface area (Å²) in [5, 5.41) is 3.35. The lowest BCUT2D eigenvalue weighted by atomic mass is 10.1. The molecule has 0 aliphatic rings. The molecule has 1 aromatic carbocycles. The van der Waals surface area contributed by atoms with Gasteiger partial charge in [-0.25, -0.2) is 4.79 Å². The molecule has 0 unspecified atom stereocenters. The Morgan fingerprint density at radius 3 is 2.62 bits per heavy atom. The lowest BCUT2D eigenvalue weighted by Crippen LogP contribution is -2.30. The van der Waals surface area contributed by atoms with E-state index in [1.165, 1.54) is 12.2 Å². The van der Waals surface area contributed by atoms with Gasteiger partial charge in [-0.15, -0.1) is 0 Å². The lowest BCUT2D eigenvalue weighted by molar-refractivity contribution is -0.143. The second kappa shape index (κ2) is 9.30. The molecule has 5 nitrogen and oxygen atoms in total. The molecule has 0 aliphatic heterocycles. The standard InChI is InChI=1S/C17H15BrClNO4/c18-15-7-5-14(24-15)6-8-17(22)23-11-16(21)20-10-9-12-1-3-13(19)4-2-12/h1-8H,9-11H2,(H,20,21)/b8-6+. The Balaban J connectivity index is 1.64. The minimum atomic E-state index is -0.615. The highest BCUT2D eigenvalue weighted by Crippen LogP contribution is 2.15. The molecule has 0 bridgehead atoms. The molecule has 126 valence electrons. The highest BCUT2D eigenvalue weighted by atomic mass is 79.9. The van der Waals surface area contributed by atoms with Crippen LogP contribution in [0.25, 0.3) is 6.08 Å². The summed E-state index contributed by atoms with van der Waals surface area (Å²) in [5.74, 6) is -0.465. The van der Waals surface area contributed by atoms with Crippen molar-refractivity contribution >= 4 is 45.5 Å². The maximum Gasteiger partial charge on any atom is 0.331 e. The fraction of sp³-hybridized carbons (Fsp3) is 0.176. The zero-order valence-corrected chi connectivity index (χ0v) is 15.0. The molecule has 24 heavy (non-hydrogen) atoms. The van der Waals surface area contributed by atoms with E-state index in [4.69, 9.17) is 20.8 Å². The van der Waals surface area contributed by atoms with Crippen LogP contribution in [0.3, 0.4) is 0 Å². The second-order valence-corrected chi connectivity index (χ2v) is 6.03. The fourth-order valence-corrected chi connectivity index (χ4v) is 2.25. The number of halogens is 2. The number of ether oxygens (including phenoxy) is 1. The average molecular weight is 413 g/mol. The summed E-state index contributed by atoms with van der Waals surface area (Å²) in [5.41, 5.74) is 1.06. The molecule has 0 radical (unpaired) electrons. The van der Waals surface area contributed by atoms with Gasteiger partial charge in [-0.1, -0.05) is 23.7 Å². The van der Waals surface area contributed by atoms with Gasteiger partial charge in [0.25, 0.3) is 5.91 Å². The van der Waals surface area contributed by atoms with Gasteiger partial charge in [0, 0.05) is 17.6 Å². The number of esters is 1. The maximum atomic E-state index is 11.6. The summed E-state index contributed by atoms with van der Waals surface area (Å²) < 4.78 is 10.6. The molecule has 1 aromatic heterocycles. The van der Waals surface area contributed by atoms with Gasteiger partial charge in [0.2, 0.25) is 0 Å². The molecule has 2 rings (SSSR count). The molecule has 2 aromatic rings. The number of furan rings is 1. The van der Waals surface area contributed by atoms with Gasteiger partial charge in [0.15, 0.2) is 11.3 Å². The van der Waals surface area contributed by atoms with E-state index < -0.39 is 5.97 Å². The average Bonchev–Trinajstić information content (AvgIpc) is 2.98. The van der Waals surface area contributed by atoms with Crippen LogP contribution in [0.5, 0.6) is 0 Å². The Bertz CT molecular complexity index is 724. The molecule has 0 saturated heterocycles. The van der Waals surface area contributed by atoms with Gasteiger partial charge in [-0.2, -0.15) is 0 Å². The SMILES string of the molecule is O=C(COC(=O)/C=C/c1ccc(Br)o1)NCCc1ccc(Cl)cc1. The molecule has 0 spiro atoms. The van der Waals surface area contributed by atoms with E-state index in [2.05, 4.69) is 21.2 Å². The third-order valence-corrected chi connectivity index (χ3v) is 3.65. The number of amides is 1. The van der Waals surface area contributed by atoms with Crippen molar-refractivity contribution in [3.8, 4) is 0 Å². The first-order valence-electron chi connectivity index (χ1n) is 7.14. The van der Waals surface area contributed by atoms with E-state index in [1.807, 2.05) is 12.1 Å². The molecule has 1 heterocycles. The zero-order valence-electron chi connectivity index (χ0n) is 12.6. The molecule has 0 atom stereocenters. The monoisotopic (exact) mass is 411 g/mol. The van der Waals surface area contributed by atoms with Crippen molar-refractivity contribution in [3.63, 3.8) is 0 Å². The third kappa shape index (κ3) is 6.60. The van der Waals surface area contributed by atoms with E-state index in [0.29, 0.717) is 28.4 Å². The van der Waals surface area contributed by atoms with Crippen LogP contribution in [-0.2, 0) is 20.7 Å². The Labute approximate surface area is 152 Å². The predicted octanol–water partition coefficient (Wildman–Crippen LogP) is 3.61. The highest BCUT2D eigenvalue weighted by Gasteiger charge is 2.05. The Morgan fingerprint density at radius 2 is 1.96 bits per heavy atom. The first kappa shape index (κ1) is 18.3. The van der Waals surface area contributed by atoms with Gasteiger partial charge < -0.3 is 14.5 Å². The molecule has 1 amide bonds. The molecule has 0 fully saturated rings. The molecular weight excluding hydrogens is 398 g/mol. The van der Waals surface area contributed by atoms with Crippen molar-refractivity contribution in [2.75, 3.05) is 13.2 Å². The molecule has 0 saturated carbocycles. The summed E-state index contributed by atoms with van der Waals surface area (Å²) in [6.45, 7) is 0.125. The van der Waals surface area contributed by atoms with Crippen molar-refractivity contribution in [1.82, 2.24) is 5.32 Å². The Kier molecular flexibility index (Phi) is 7.08. The quantitative estimate of drug-likeness (QED) is 0.557. The van der Waals surface area contributed by atoms with Crippen LogP contribution in [0, 0.1) is 0 Å². The number of carbonyl (C=O) groups excluding carboxylic acids is 2. The normalized spacial score (nSPS) is 10.8. The number of hydrogen-bond acceptors (Lipinski definition) is 4. The van der Waals surface area contributed by atoms with E-state index in [-0.39, 0.29) is 12.5 Å². The lowest BCUT2D eigenvalue weighted by Gasteiger charge is -2.05. The van der Waals surface area contributed by atoms with Crippen molar-refractivity contribution < 1.29 is 18.7 Å². The largest absolute Gasteiger partial charge is 0.452 e. The fourth-order valence-electron chi connectivity index (χ4n) is 1.80. The minimum absolute atomic E-state index is 0.328. The summed E-state index contributed by atoms with van der Waals surface area (Å²) in [6, 6.07) is 10.8. The summed E-state index contributed by atoms with van der Waals surface area (Å²) in [7, 11) is 0. The van der Waals surface area contributed by atoms with Crippen molar-refractivity contribution in [3.05, 3.63) is 63.5 Å². The number of hydrogen-bond donors (Lipinski definition) is 1. The summed E-state index contributed by atoms with van der Waals surface area (Å²) in [6.07, 6.45) is 3.34. The van der Waals surface area contributed by atoms with Crippen LogP contribution < -0.4 is 5.32 Å². The van der Waals surface area contributed by atoms with Crippen LogP contribution in [0.2, 0.25) is 5.02 Å². The minimum Gasteiger partial charge on any atom is -0.452 e. The first-order chi connectivity index (χ1) is 11.5. The van der Waals surface area contributed by atoms with Gasteiger partial charge in [0.05, 0.1) is 0 Å². The second-order valence-electron chi connectivity index (χ2n) is 4.81. The van der Waals surface area contributed by atoms with Crippen LogP contribution in [0.4, 0.5) is 0 Å². The number of nitrogens with one attached hydrogen (secondary N) is 1. The third-order valence-electron chi connectivity index (χ3n) is 2.97. The predicted molar refractivity (Wildman–Crippen MR) is 94.6 cm³/mol. The molecule has 7 heteroatoms. The van der Waals surface area contributed by atoms with Crippen LogP contribution in [-0.4, -0.2) is 25.0 Å². The van der Waals surface area contributed by atoms with Crippen molar-refractivity contribution in [2.45, 2.75) is 6.42 Å². The van der Waals surface area contributed by atoms with Crippen molar-refractivity contribution in [1.29, 1.82) is 0 Å². The van der Waals surface area contributed by atoms with E-state index >= 15 is 0 Å². The topological polar surface area (TPSA) is 68.5 Å². The highest BCUT2D eigenvalue weighted by molar-refractivity contribution is 9.10. The van der Waals surface area contributed by atoms with Gasteiger partial charge in [-0.3, -0.25) is 4.79 Å². The number of rotatable bonds is 7. The first-order valence-corrected chi connectivity index (χ1v) is 8.31. The molecular formula is C17H15BrClNO4. The zero-order chi connectivity index (χ0) is 17.4. The van der Waals surface area contributed by atoms with E-state index in [0.717, 1.165) is 5.56 Å². The van der Waals surface area contributed by atoms with Crippen LogP contribution >= 0.6 is 27.5 Å². The van der Waals surface area contributed by atoms with Crippen LogP contribution in [0.1, 0.15) is 11.3 Å². The maximum absolute atomic E-state index is 11.6.